The number of carboxylic acids is 1. The molecule has 0 radical (unpaired) electrons. The van der Waals surface area contributed by atoms with Gasteiger partial charge in [-0.25, -0.2) is 13.2 Å². The van der Waals surface area contributed by atoms with Gasteiger partial charge < -0.3 is 9.84 Å². The summed E-state index contributed by atoms with van der Waals surface area (Å²) in [6.45, 7) is 0. The molecule has 0 amide bonds. The number of ether oxygens (including phenoxy) is 1. The fourth-order valence-corrected chi connectivity index (χ4v) is 4.10. The number of carbonyl (C=O) groups is 1. The van der Waals surface area contributed by atoms with E-state index in [1.807, 2.05) is 0 Å². The smallest absolute Gasteiger partial charge is 0.349 e. The van der Waals surface area contributed by atoms with E-state index in [0.717, 1.165) is 0 Å². The lowest BCUT2D eigenvalue weighted by atomic mass is 10.1. The highest BCUT2D eigenvalue weighted by molar-refractivity contribution is 7.92. The molecule has 126 valence electrons. The number of sulfone groups is 1. The zero-order valence-electron chi connectivity index (χ0n) is 12.6. The second-order valence-corrected chi connectivity index (χ2v) is 8.27. The first-order valence-corrected chi connectivity index (χ1v) is 9.29. The molecule has 1 atom stereocenters. The summed E-state index contributed by atoms with van der Waals surface area (Å²) < 4.78 is 29.8. The predicted molar refractivity (Wildman–Crippen MR) is 89.1 cm³/mol. The highest BCUT2D eigenvalue weighted by Gasteiger charge is 2.37. The molecule has 0 heterocycles. The topological polar surface area (TPSA) is 80.7 Å². The molecule has 1 aliphatic carbocycles. The molecule has 24 heavy (non-hydrogen) atoms. The summed E-state index contributed by atoms with van der Waals surface area (Å²) in [5.74, 6) is -0.802. The van der Waals surface area contributed by atoms with Crippen molar-refractivity contribution in [2.75, 3.05) is 0 Å². The average Bonchev–Trinajstić information content (AvgIpc) is 3.39. The van der Waals surface area contributed by atoms with Crippen molar-refractivity contribution in [2.24, 2.45) is 0 Å². The van der Waals surface area contributed by atoms with Gasteiger partial charge in [0, 0.05) is 10.6 Å². The van der Waals surface area contributed by atoms with Crippen molar-refractivity contribution in [1.29, 1.82) is 0 Å². The molecule has 1 fully saturated rings. The van der Waals surface area contributed by atoms with Gasteiger partial charge in [0.25, 0.3) is 0 Å². The van der Waals surface area contributed by atoms with Crippen molar-refractivity contribution >= 4 is 27.4 Å². The molecule has 1 saturated carbocycles. The first-order valence-electron chi connectivity index (χ1n) is 7.37. The van der Waals surface area contributed by atoms with Crippen LogP contribution in [-0.2, 0) is 14.6 Å². The molecule has 0 aliphatic heterocycles. The maximum Gasteiger partial charge on any atom is 0.349 e. The van der Waals surface area contributed by atoms with Gasteiger partial charge in [-0.2, -0.15) is 0 Å². The normalized spacial score (nSPS) is 15.7. The maximum absolute atomic E-state index is 12.2. The van der Waals surface area contributed by atoms with Crippen molar-refractivity contribution in [2.45, 2.75) is 29.1 Å². The van der Waals surface area contributed by atoms with Crippen molar-refractivity contribution in [3.8, 4) is 5.75 Å². The van der Waals surface area contributed by atoms with Gasteiger partial charge in [0.1, 0.15) is 5.75 Å². The molecule has 0 bridgehead atoms. The predicted octanol–water partition coefficient (Wildman–Crippen LogP) is 3.48. The minimum atomic E-state index is -3.30. The fourth-order valence-electron chi connectivity index (χ4n) is 2.31. The monoisotopic (exact) mass is 366 g/mol. The number of aliphatic carboxylic acids is 1. The van der Waals surface area contributed by atoms with Gasteiger partial charge in [0.15, 0.2) is 9.84 Å². The van der Waals surface area contributed by atoms with E-state index in [-0.39, 0.29) is 10.1 Å². The van der Waals surface area contributed by atoms with Gasteiger partial charge in [-0.1, -0.05) is 23.7 Å². The summed E-state index contributed by atoms with van der Waals surface area (Å²) in [6, 6.07) is 12.2. The summed E-state index contributed by atoms with van der Waals surface area (Å²) in [5, 5.41) is 9.62. The van der Waals surface area contributed by atoms with Crippen molar-refractivity contribution in [3.63, 3.8) is 0 Å². The molecule has 7 heteroatoms. The molecule has 2 aromatic carbocycles. The van der Waals surface area contributed by atoms with Gasteiger partial charge in [0.2, 0.25) is 6.10 Å². The quantitative estimate of drug-likeness (QED) is 0.846. The van der Waals surface area contributed by atoms with Gasteiger partial charge in [-0.3, -0.25) is 0 Å². The minimum Gasteiger partial charge on any atom is -0.478 e. The minimum absolute atomic E-state index is 0.212. The van der Waals surface area contributed by atoms with Crippen LogP contribution in [0.4, 0.5) is 0 Å². The van der Waals surface area contributed by atoms with Gasteiger partial charge in [-0.15, -0.1) is 0 Å². The van der Waals surface area contributed by atoms with Gasteiger partial charge in [-0.05, 0) is 49.2 Å². The van der Waals surface area contributed by atoms with E-state index in [1.165, 1.54) is 24.3 Å². The van der Waals surface area contributed by atoms with E-state index in [9.17, 15) is 18.3 Å². The summed E-state index contributed by atoms with van der Waals surface area (Å²) in [4.78, 5) is 11.7. The van der Waals surface area contributed by atoms with E-state index < -0.39 is 21.9 Å². The molecule has 1 unspecified atom stereocenters. The summed E-state index contributed by atoms with van der Waals surface area (Å²) in [7, 11) is -3.30. The molecule has 5 nitrogen and oxygen atoms in total. The zero-order valence-corrected chi connectivity index (χ0v) is 14.1. The molecule has 0 aromatic heterocycles. The van der Waals surface area contributed by atoms with Crippen molar-refractivity contribution in [3.05, 3.63) is 59.1 Å². The third kappa shape index (κ3) is 3.55. The Labute approximate surface area is 144 Å². The summed E-state index contributed by atoms with van der Waals surface area (Å²) >= 11 is 5.79. The lowest BCUT2D eigenvalue weighted by Gasteiger charge is -2.16. The van der Waals surface area contributed by atoms with E-state index in [0.29, 0.717) is 29.2 Å². The Balaban J connectivity index is 1.83. The fraction of sp³-hybridized carbons (Fsp3) is 0.235. The van der Waals surface area contributed by atoms with Crippen LogP contribution in [0.2, 0.25) is 5.02 Å². The molecule has 1 aliphatic rings. The Hall–Kier alpha value is -2.05. The molecule has 0 spiro atoms. The Kier molecular flexibility index (Phi) is 4.51. The molecular formula is C17H15ClO5S. The first kappa shape index (κ1) is 16.8. The highest BCUT2D eigenvalue weighted by Crippen LogP contribution is 2.34. The Bertz CT molecular complexity index is 840. The van der Waals surface area contributed by atoms with E-state index in [4.69, 9.17) is 16.3 Å². The zero-order chi connectivity index (χ0) is 17.3. The van der Waals surface area contributed by atoms with Crippen LogP contribution in [0.25, 0.3) is 0 Å². The van der Waals surface area contributed by atoms with Gasteiger partial charge in [0.05, 0.1) is 10.1 Å². The number of benzene rings is 2. The summed E-state index contributed by atoms with van der Waals surface area (Å²) in [5.41, 5.74) is 0.368. The summed E-state index contributed by atoms with van der Waals surface area (Å²) in [6.07, 6.45) is 0.132. The molecule has 3 rings (SSSR count). The van der Waals surface area contributed by atoms with Crippen LogP contribution in [-0.4, -0.2) is 24.7 Å². The first-order chi connectivity index (χ1) is 11.4. The second kappa shape index (κ2) is 6.45. The number of hydrogen-bond acceptors (Lipinski definition) is 4. The van der Waals surface area contributed by atoms with Crippen molar-refractivity contribution in [1.82, 2.24) is 0 Å². The number of carboxylic acid groups (broad SMARTS) is 1. The van der Waals surface area contributed by atoms with E-state index in [1.54, 1.807) is 24.3 Å². The van der Waals surface area contributed by atoms with Crippen LogP contribution in [0.1, 0.15) is 24.5 Å². The lowest BCUT2D eigenvalue weighted by Crippen LogP contribution is -2.18. The Morgan fingerprint density at radius 3 is 2.17 bits per heavy atom. The average molecular weight is 367 g/mol. The lowest BCUT2D eigenvalue weighted by molar-refractivity contribution is -0.145. The molecular weight excluding hydrogens is 352 g/mol. The van der Waals surface area contributed by atoms with Crippen LogP contribution in [0.3, 0.4) is 0 Å². The highest BCUT2D eigenvalue weighted by atomic mass is 35.5. The van der Waals surface area contributed by atoms with E-state index >= 15 is 0 Å². The number of hydrogen-bond donors (Lipinski definition) is 1. The Morgan fingerprint density at radius 2 is 1.67 bits per heavy atom. The number of rotatable bonds is 6. The molecule has 0 saturated heterocycles. The van der Waals surface area contributed by atoms with E-state index in [2.05, 4.69) is 0 Å². The standard InChI is InChI=1S/C17H15ClO5S/c18-12-3-5-13(6-4-12)23-16(17(19)20)11-1-7-14(8-2-11)24(21,22)15-9-10-15/h1-8,15-16H,9-10H2,(H,19,20). The molecule has 2 aromatic rings. The SMILES string of the molecule is O=C(O)C(Oc1ccc(Cl)cc1)c1ccc(S(=O)(=O)C2CC2)cc1. The van der Waals surface area contributed by atoms with Crippen LogP contribution in [0.15, 0.2) is 53.4 Å². The largest absolute Gasteiger partial charge is 0.478 e. The third-order valence-corrected chi connectivity index (χ3v) is 6.30. The number of halogens is 1. The van der Waals surface area contributed by atoms with Gasteiger partial charge >= 0.3 is 5.97 Å². The second-order valence-electron chi connectivity index (χ2n) is 5.60. The van der Waals surface area contributed by atoms with Crippen LogP contribution >= 0.6 is 11.6 Å². The third-order valence-electron chi connectivity index (χ3n) is 3.77. The Morgan fingerprint density at radius 1 is 1.08 bits per heavy atom. The van der Waals surface area contributed by atoms with Crippen LogP contribution in [0.5, 0.6) is 5.75 Å². The maximum atomic E-state index is 12.2. The van der Waals surface area contributed by atoms with Crippen LogP contribution in [0, 0.1) is 0 Å². The van der Waals surface area contributed by atoms with Crippen molar-refractivity contribution < 1.29 is 23.1 Å². The van der Waals surface area contributed by atoms with Crippen LogP contribution < -0.4 is 4.74 Å². The molecule has 1 N–H and O–H groups in total.